The zero-order valence-corrected chi connectivity index (χ0v) is 22.5. The summed E-state index contributed by atoms with van der Waals surface area (Å²) in [6, 6.07) is 23.3. The molecule has 0 spiro atoms. The Morgan fingerprint density at radius 3 is 1.98 bits per heavy atom. The van der Waals surface area contributed by atoms with Crippen molar-refractivity contribution in [2.24, 2.45) is 0 Å². The molecule has 4 atom stereocenters. The summed E-state index contributed by atoms with van der Waals surface area (Å²) in [4.78, 5) is 56.0. The molecule has 5 aromatic rings. The van der Waals surface area contributed by atoms with Crippen LogP contribution in [-0.2, 0) is 15.2 Å². The van der Waals surface area contributed by atoms with Crippen molar-refractivity contribution in [2.75, 3.05) is 12.3 Å². The standard InChI is InChI=1S/C31H25N5O7/c32-27-23-28(34-17-33-27)36(18-35-23)31(25(39)20-12-6-2-7-13-20)30(26(40)22(16-37)42-31,24(38)19-10-4-1-5-11-19)43-29(41)21-14-8-3-9-15-21/h1-15,17-18,22,26,37,40H,16H2,(H2,32,33,34)/t22-,26-,30-,31-/m1/s1. The predicted octanol–water partition coefficient (Wildman–Crippen LogP) is 2.17. The molecule has 3 heterocycles. The van der Waals surface area contributed by atoms with Gasteiger partial charge in [0.25, 0.3) is 11.3 Å². The number of Topliss-reactive ketones (excluding diaryl/α,β-unsaturated/α-hetero) is 2. The van der Waals surface area contributed by atoms with Crippen LogP contribution in [0.4, 0.5) is 5.82 Å². The lowest BCUT2D eigenvalue weighted by molar-refractivity contribution is -0.144. The van der Waals surface area contributed by atoms with Crippen molar-refractivity contribution >= 4 is 34.5 Å². The van der Waals surface area contributed by atoms with Crippen molar-refractivity contribution in [3.63, 3.8) is 0 Å². The molecule has 0 radical (unpaired) electrons. The molecule has 1 aliphatic rings. The Labute approximate surface area is 244 Å². The van der Waals surface area contributed by atoms with Gasteiger partial charge in [0.2, 0.25) is 11.6 Å². The normalized spacial score (nSPS) is 23.2. The lowest BCUT2D eigenvalue weighted by atomic mass is 9.75. The van der Waals surface area contributed by atoms with E-state index in [4.69, 9.17) is 15.2 Å². The molecule has 1 aliphatic heterocycles. The van der Waals surface area contributed by atoms with Gasteiger partial charge in [0, 0.05) is 11.1 Å². The second kappa shape index (κ2) is 10.8. The molecule has 1 saturated heterocycles. The summed E-state index contributed by atoms with van der Waals surface area (Å²) in [5, 5.41) is 22.4. The molecular formula is C31H25N5O7. The molecule has 6 rings (SSSR count). The number of aliphatic hydroxyl groups excluding tert-OH is 2. The first-order chi connectivity index (χ1) is 20.8. The van der Waals surface area contributed by atoms with Crippen LogP contribution < -0.4 is 5.73 Å². The number of hydrogen-bond acceptors (Lipinski definition) is 11. The van der Waals surface area contributed by atoms with E-state index >= 15 is 0 Å². The topological polar surface area (TPSA) is 180 Å². The lowest BCUT2D eigenvalue weighted by Gasteiger charge is -2.42. The molecule has 0 unspecified atom stereocenters. The molecule has 3 aromatic carbocycles. The van der Waals surface area contributed by atoms with E-state index in [1.165, 1.54) is 36.4 Å². The highest BCUT2D eigenvalue weighted by atomic mass is 16.6. The van der Waals surface area contributed by atoms with Gasteiger partial charge >= 0.3 is 5.97 Å². The Bertz CT molecular complexity index is 1820. The van der Waals surface area contributed by atoms with E-state index in [0.717, 1.165) is 17.2 Å². The fourth-order valence-electron chi connectivity index (χ4n) is 5.45. The summed E-state index contributed by atoms with van der Waals surface area (Å²) in [5.74, 6) is -2.92. The van der Waals surface area contributed by atoms with Crippen LogP contribution in [0.1, 0.15) is 31.1 Å². The Morgan fingerprint density at radius 2 is 1.40 bits per heavy atom. The number of imidazole rings is 1. The van der Waals surface area contributed by atoms with Crippen molar-refractivity contribution < 1.29 is 34.1 Å². The van der Waals surface area contributed by atoms with Crippen LogP contribution >= 0.6 is 0 Å². The number of ether oxygens (including phenoxy) is 2. The number of carbonyl (C=O) groups is 3. The van der Waals surface area contributed by atoms with Crippen molar-refractivity contribution in [3.05, 3.63) is 120 Å². The van der Waals surface area contributed by atoms with Gasteiger partial charge in [0.1, 0.15) is 30.4 Å². The van der Waals surface area contributed by atoms with E-state index in [9.17, 15) is 24.6 Å². The van der Waals surface area contributed by atoms with Crippen LogP contribution in [0.25, 0.3) is 11.2 Å². The molecule has 4 N–H and O–H groups in total. The number of rotatable bonds is 8. The van der Waals surface area contributed by atoms with Crippen molar-refractivity contribution in [1.82, 2.24) is 19.5 Å². The minimum Gasteiger partial charge on any atom is -0.438 e. The summed E-state index contributed by atoms with van der Waals surface area (Å²) >= 11 is 0. The van der Waals surface area contributed by atoms with E-state index in [-0.39, 0.29) is 33.7 Å². The maximum Gasteiger partial charge on any atom is 0.339 e. The van der Waals surface area contributed by atoms with Gasteiger partial charge in [0.05, 0.1) is 12.2 Å². The molecule has 2 aromatic heterocycles. The average molecular weight is 580 g/mol. The Morgan fingerprint density at radius 1 is 0.837 bits per heavy atom. The number of aliphatic hydroxyl groups is 2. The fourth-order valence-corrected chi connectivity index (χ4v) is 5.45. The van der Waals surface area contributed by atoms with Gasteiger partial charge in [-0.3, -0.25) is 14.2 Å². The monoisotopic (exact) mass is 579 g/mol. The summed E-state index contributed by atoms with van der Waals surface area (Å²) in [5.41, 5.74) is 0.623. The molecule has 0 aliphatic carbocycles. The number of benzene rings is 3. The molecular weight excluding hydrogens is 554 g/mol. The highest BCUT2D eigenvalue weighted by Gasteiger charge is 2.77. The third-order valence-electron chi connectivity index (χ3n) is 7.46. The van der Waals surface area contributed by atoms with Gasteiger partial charge in [-0.05, 0) is 12.1 Å². The first kappa shape index (κ1) is 27.8. The number of nitrogen functional groups attached to an aromatic ring is 1. The number of aromatic nitrogens is 4. The minimum absolute atomic E-state index is 0.00611. The van der Waals surface area contributed by atoms with Crippen LogP contribution in [0.3, 0.4) is 0 Å². The maximum absolute atomic E-state index is 14.9. The predicted molar refractivity (Wildman–Crippen MR) is 152 cm³/mol. The van der Waals surface area contributed by atoms with Crippen LogP contribution in [0.15, 0.2) is 104 Å². The molecule has 0 bridgehead atoms. The first-order valence-electron chi connectivity index (χ1n) is 13.2. The molecule has 12 heteroatoms. The highest BCUT2D eigenvalue weighted by molar-refractivity contribution is 6.13. The first-order valence-corrected chi connectivity index (χ1v) is 13.2. The largest absolute Gasteiger partial charge is 0.438 e. The molecule has 0 amide bonds. The van der Waals surface area contributed by atoms with Crippen molar-refractivity contribution in [3.8, 4) is 0 Å². The van der Waals surface area contributed by atoms with Gasteiger partial charge in [-0.25, -0.2) is 19.7 Å². The maximum atomic E-state index is 14.9. The number of hydrogen-bond donors (Lipinski definition) is 3. The summed E-state index contributed by atoms with van der Waals surface area (Å²) in [6.45, 7) is -0.846. The van der Waals surface area contributed by atoms with Gasteiger partial charge < -0.3 is 25.4 Å². The quantitative estimate of drug-likeness (QED) is 0.181. The van der Waals surface area contributed by atoms with Crippen molar-refractivity contribution in [1.29, 1.82) is 0 Å². The van der Waals surface area contributed by atoms with Gasteiger partial charge in [-0.2, -0.15) is 0 Å². The number of fused-ring (bicyclic) bond motifs is 1. The number of carbonyl (C=O) groups excluding carboxylic acids is 3. The van der Waals surface area contributed by atoms with E-state index in [0.29, 0.717) is 0 Å². The van der Waals surface area contributed by atoms with Crippen molar-refractivity contribution in [2.45, 2.75) is 23.5 Å². The molecule has 12 nitrogen and oxygen atoms in total. The third kappa shape index (κ3) is 4.19. The Balaban J connectivity index is 1.73. The van der Waals surface area contributed by atoms with Gasteiger partial charge in [-0.1, -0.05) is 78.9 Å². The molecule has 0 saturated carbocycles. The molecule has 1 fully saturated rings. The van der Waals surface area contributed by atoms with E-state index in [2.05, 4.69) is 15.0 Å². The van der Waals surface area contributed by atoms with Gasteiger partial charge in [0.15, 0.2) is 11.5 Å². The number of nitrogens with zero attached hydrogens (tertiary/aromatic N) is 4. The molecule has 216 valence electrons. The average Bonchev–Trinajstić information content (AvgIpc) is 3.60. The fraction of sp³-hybridized carbons (Fsp3) is 0.161. The van der Waals surface area contributed by atoms with E-state index < -0.39 is 47.7 Å². The number of anilines is 1. The second-order valence-corrected chi connectivity index (χ2v) is 9.85. The zero-order valence-electron chi connectivity index (χ0n) is 22.5. The highest BCUT2D eigenvalue weighted by Crippen LogP contribution is 2.51. The molecule has 43 heavy (non-hydrogen) atoms. The lowest BCUT2D eigenvalue weighted by Crippen LogP contribution is -2.68. The smallest absolute Gasteiger partial charge is 0.339 e. The summed E-state index contributed by atoms with van der Waals surface area (Å²) in [6.07, 6.45) is -1.36. The van der Waals surface area contributed by atoms with Crippen LogP contribution in [0, 0.1) is 0 Å². The minimum atomic E-state index is -2.82. The number of ketones is 2. The summed E-state index contributed by atoms with van der Waals surface area (Å²) < 4.78 is 13.5. The number of nitrogens with two attached hydrogens (primary N) is 1. The number of esters is 1. The third-order valence-corrected chi connectivity index (χ3v) is 7.46. The van der Waals surface area contributed by atoms with Gasteiger partial charge in [-0.15, -0.1) is 0 Å². The Kier molecular flexibility index (Phi) is 7.02. The van der Waals surface area contributed by atoms with E-state index in [1.54, 1.807) is 54.6 Å². The SMILES string of the molecule is Nc1ncnc2c1ncn2[C@]1(C(=O)c2ccccc2)O[C@H](CO)[C@@H](O)[C@]1(OC(=O)c1ccccc1)C(=O)c1ccccc1. The van der Waals surface area contributed by atoms with Crippen LogP contribution in [-0.4, -0.2) is 71.7 Å². The summed E-state index contributed by atoms with van der Waals surface area (Å²) in [7, 11) is 0. The second-order valence-electron chi connectivity index (χ2n) is 9.85. The zero-order chi connectivity index (χ0) is 30.2. The van der Waals surface area contributed by atoms with Crippen LogP contribution in [0.2, 0.25) is 0 Å². The van der Waals surface area contributed by atoms with Crippen LogP contribution in [0.5, 0.6) is 0 Å². The Hall–Kier alpha value is -5.30. The van der Waals surface area contributed by atoms with E-state index in [1.807, 2.05) is 0 Å².